The number of hydrogen-bond donors (Lipinski definition) is 0. The predicted octanol–water partition coefficient (Wildman–Crippen LogP) is 12.9. The van der Waals surface area contributed by atoms with Crippen LogP contribution in [0.1, 0.15) is 0 Å². The lowest BCUT2D eigenvalue weighted by Gasteiger charge is -2.12. The Hall–Kier alpha value is -6.64. The van der Waals surface area contributed by atoms with Crippen molar-refractivity contribution in [1.82, 2.24) is 9.13 Å². The first-order valence-electron chi connectivity index (χ1n) is 17.2. The molecule has 10 aromatic rings. The van der Waals surface area contributed by atoms with Gasteiger partial charge in [-0.2, -0.15) is 0 Å². The van der Waals surface area contributed by atoms with E-state index in [0.717, 1.165) is 11.4 Å². The molecule has 0 saturated carbocycles. The standard InChI is InChI=1S/C48H32N2/c1-3-12-33(13-4-1)35-22-26-39(27-23-35)49-45-20-9-7-18-41(45)44-32-38(25-29-47(44)49)36-16-11-17-40(30-36)50-46-21-10-8-19-42(46)43-31-37(24-28-48(43)50)34-14-5-2-6-15-34/h1-32H. The van der Waals surface area contributed by atoms with Gasteiger partial charge in [-0.1, -0.05) is 133 Å². The van der Waals surface area contributed by atoms with Crippen LogP contribution in [0.3, 0.4) is 0 Å². The zero-order valence-corrected chi connectivity index (χ0v) is 27.4. The molecule has 0 fully saturated rings. The van der Waals surface area contributed by atoms with Crippen LogP contribution in [0.25, 0.3) is 88.4 Å². The second-order valence-corrected chi connectivity index (χ2v) is 13.0. The molecule has 50 heavy (non-hydrogen) atoms. The zero-order chi connectivity index (χ0) is 33.0. The van der Waals surface area contributed by atoms with Crippen molar-refractivity contribution in [3.05, 3.63) is 194 Å². The second-order valence-electron chi connectivity index (χ2n) is 13.0. The summed E-state index contributed by atoms with van der Waals surface area (Å²) in [6.45, 7) is 0. The molecule has 0 aliphatic carbocycles. The molecule has 0 amide bonds. The fraction of sp³-hybridized carbons (Fsp3) is 0. The van der Waals surface area contributed by atoms with E-state index in [1.807, 2.05) is 0 Å². The normalized spacial score (nSPS) is 11.6. The van der Waals surface area contributed by atoms with Crippen molar-refractivity contribution < 1.29 is 0 Å². The number of rotatable bonds is 5. The zero-order valence-electron chi connectivity index (χ0n) is 27.4. The van der Waals surface area contributed by atoms with Crippen LogP contribution in [-0.2, 0) is 0 Å². The van der Waals surface area contributed by atoms with Crippen LogP contribution in [0.15, 0.2) is 194 Å². The lowest BCUT2D eigenvalue weighted by molar-refractivity contribution is 1.18. The minimum Gasteiger partial charge on any atom is -0.309 e. The highest BCUT2D eigenvalue weighted by atomic mass is 15.0. The maximum Gasteiger partial charge on any atom is 0.0541 e. The Kier molecular flexibility index (Phi) is 6.53. The Balaban J connectivity index is 1.09. The van der Waals surface area contributed by atoms with Gasteiger partial charge in [-0.05, 0) is 94.0 Å². The van der Waals surface area contributed by atoms with E-state index >= 15 is 0 Å². The van der Waals surface area contributed by atoms with E-state index in [-0.39, 0.29) is 0 Å². The maximum atomic E-state index is 2.41. The smallest absolute Gasteiger partial charge is 0.0541 e. The average molecular weight is 637 g/mol. The van der Waals surface area contributed by atoms with Crippen LogP contribution >= 0.6 is 0 Å². The number of nitrogens with zero attached hydrogens (tertiary/aromatic N) is 2. The number of fused-ring (bicyclic) bond motifs is 6. The summed E-state index contributed by atoms with van der Waals surface area (Å²) < 4.78 is 4.80. The molecule has 0 saturated heterocycles. The molecule has 0 aliphatic rings. The molecule has 2 heteroatoms. The summed E-state index contributed by atoms with van der Waals surface area (Å²) in [4.78, 5) is 0. The molecule has 0 N–H and O–H groups in total. The highest BCUT2D eigenvalue weighted by Crippen LogP contribution is 2.38. The minimum absolute atomic E-state index is 1.15. The minimum atomic E-state index is 1.15. The number of benzene rings is 8. The predicted molar refractivity (Wildman–Crippen MR) is 211 cm³/mol. The lowest BCUT2D eigenvalue weighted by atomic mass is 10.0. The quantitative estimate of drug-likeness (QED) is 0.178. The summed E-state index contributed by atoms with van der Waals surface area (Å²) in [5.41, 5.74) is 14.5. The monoisotopic (exact) mass is 636 g/mol. The van der Waals surface area contributed by atoms with Crippen LogP contribution in [0.4, 0.5) is 0 Å². The summed E-state index contributed by atoms with van der Waals surface area (Å²) in [5.74, 6) is 0. The molecule has 0 atom stereocenters. The van der Waals surface area contributed by atoms with Crippen LogP contribution in [0.2, 0.25) is 0 Å². The molecule has 0 radical (unpaired) electrons. The molecule has 2 nitrogen and oxygen atoms in total. The van der Waals surface area contributed by atoms with Gasteiger partial charge in [0.25, 0.3) is 0 Å². The van der Waals surface area contributed by atoms with E-state index in [2.05, 4.69) is 203 Å². The van der Waals surface area contributed by atoms with Crippen molar-refractivity contribution in [1.29, 1.82) is 0 Å². The molecular formula is C48H32N2. The van der Waals surface area contributed by atoms with Crippen molar-refractivity contribution >= 4 is 43.6 Å². The molecule has 0 bridgehead atoms. The molecule has 2 aromatic heterocycles. The second kappa shape index (κ2) is 11.5. The Morgan fingerprint density at radius 1 is 0.220 bits per heavy atom. The van der Waals surface area contributed by atoms with E-state index in [4.69, 9.17) is 0 Å². The SMILES string of the molecule is c1ccc(-c2ccc(-n3c4ccccc4c4cc(-c5cccc(-n6c7ccccc7c7cc(-c8ccccc8)ccc76)c5)ccc43)cc2)cc1. The third-order valence-electron chi connectivity index (χ3n) is 10.1. The fourth-order valence-corrected chi connectivity index (χ4v) is 7.75. The van der Waals surface area contributed by atoms with E-state index in [9.17, 15) is 0 Å². The summed E-state index contributed by atoms with van der Waals surface area (Å²) in [7, 11) is 0. The number of para-hydroxylation sites is 2. The Morgan fingerprint density at radius 2 is 0.620 bits per heavy atom. The van der Waals surface area contributed by atoms with Crippen LogP contribution in [0, 0.1) is 0 Å². The first-order valence-corrected chi connectivity index (χ1v) is 17.2. The van der Waals surface area contributed by atoms with Crippen molar-refractivity contribution in [3.8, 4) is 44.8 Å². The largest absolute Gasteiger partial charge is 0.309 e. The lowest BCUT2D eigenvalue weighted by Crippen LogP contribution is -1.95. The first-order chi connectivity index (χ1) is 24.8. The number of hydrogen-bond acceptors (Lipinski definition) is 0. The molecule has 0 spiro atoms. The summed E-state index contributed by atoms with van der Waals surface area (Å²) in [6.07, 6.45) is 0. The maximum absolute atomic E-state index is 2.41. The van der Waals surface area contributed by atoms with Gasteiger partial charge in [0.05, 0.1) is 22.1 Å². The third-order valence-corrected chi connectivity index (χ3v) is 10.1. The molecular weight excluding hydrogens is 605 g/mol. The van der Waals surface area contributed by atoms with E-state index < -0.39 is 0 Å². The highest BCUT2D eigenvalue weighted by Gasteiger charge is 2.16. The summed E-state index contributed by atoms with van der Waals surface area (Å²) in [6, 6.07) is 70.4. The fourth-order valence-electron chi connectivity index (χ4n) is 7.75. The highest BCUT2D eigenvalue weighted by molar-refractivity contribution is 6.12. The molecule has 2 heterocycles. The Bertz CT molecular complexity index is 2840. The topological polar surface area (TPSA) is 9.86 Å². The van der Waals surface area contributed by atoms with E-state index in [1.54, 1.807) is 0 Å². The number of aromatic nitrogens is 2. The van der Waals surface area contributed by atoms with Crippen molar-refractivity contribution in [2.24, 2.45) is 0 Å². The van der Waals surface area contributed by atoms with Gasteiger partial charge in [0.15, 0.2) is 0 Å². The van der Waals surface area contributed by atoms with Gasteiger partial charge in [0.2, 0.25) is 0 Å². The molecule has 0 unspecified atom stereocenters. The van der Waals surface area contributed by atoms with Gasteiger partial charge in [-0.25, -0.2) is 0 Å². The van der Waals surface area contributed by atoms with Crippen molar-refractivity contribution in [2.45, 2.75) is 0 Å². The third kappa shape index (κ3) is 4.57. The van der Waals surface area contributed by atoms with Crippen LogP contribution in [-0.4, -0.2) is 9.13 Å². The van der Waals surface area contributed by atoms with Gasteiger partial charge in [0, 0.05) is 32.9 Å². The van der Waals surface area contributed by atoms with Gasteiger partial charge in [-0.15, -0.1) is 0 Å². The molecule has 10 rings (SSSR count). The van der Waals surface area contributed by atoms with Gasteiger partial charge in [-0.3, -0.25) is 0 Å². The Labute approximate surface area is 290 Å². The van der Waals surface area contributed by atoms with Crippen molar-refractivity contribution in [3.63, 3.8) is 0 Å². The van der Waals surface area contributed by atoms with Gasteiger partial charge < -0.3 is 9.13 Å². The van der Waals surface area contributed by atoms with Gasteiger partial charge >= 0.3 is 0 Å². The molecule has 0 aliphatic heterocycles. The van der Waals surface area contributed by atoms with Gasteiger partial charge in [0.1, 0.15) is 0 Å². The average Bonchev–Trinajstić information content (AvgIpc) is 3.71. The molecule has 8 aromatic carbocycles. The Morgan fingerprint density at radius 3 is 1.22 bits per heavy atom. The van der Waals surface area contributed by atoms with E-state index in [1.165, 1.54) is 77.0 Å². The van der Waals surface area contributed by atoms with Crippen molar-refractivity contribution in [2.75, 3.05) is 0 Å². The summed E-state index contributed by atoms with van der Waals surface area (Å²) >= 11 is 0. The summed E-state index contributed by atoms with van der Waals surface area (Å²) in [5, 5.41) is 5.03. The van der Waals surface area contributed by atoms with Crippen LogP contribution in [0.5, 0.6) is 0 Å². The van der Waals surface area contributed by atoms with Crippen LogP contribution < -0.4 is 0 Å². The first kappa shape index (κ1) is 28.4. The van der Waals surface area contributed by atoms with E-state index in [0.29, 0.717) is 0 Å². The molecule has 234 valence electrons.